The zero-order valence-electron chi connectivity index (χ0n) is 14.9. The highest BCUT2D eigenvalue weighted by Gasteiger charge is 2.25. The van der Waals surface area contributed by atoms with Crippen molar-refractivity contribution in [3.63, 3.8) is 0 Å². The van der Waals surface area contributed by atoms with Crippen LogP contribution < -0.4 is 0 Å². The first kappa shape index (κ1) is 20.1. The molecule has 1 aromatic heterocycles. The summed E-state index contributed by atoms with van der Waals surface area (Å²) < 4.78 is 25.5. The number of benzene rings is 1. The zero-order valence-corrected chi connectivity index (χ0v) is 17.2. The molecule has 0 N–H and O–H groups in total. The van der Waals surface area contributed by atoms with Crippen LogP contribution in [0.15, 0.2) is 41.3 Å². The van der Waals surface area contributed by atoms with Crippen LogP contribution in [0.1, 0.15) is 35.9 Å². The average Bonchev–Trinajstić information content (AvgIpc) is 2.61. The summed E-state index contributed by atoms with van der Waals surface area (Å²) in [6, 6.07) is 9.37. The fourth-order valence-electron chi connectivity index (χ4n) is 3.10. The second-order valence-electron chi connectivity index (χ2n) is 6.80. The first-order chi connectivity index (χ1) is 12.8. The number of aromatic nitrogens is 1. The Morgan fingerprint density at radius 1 is 1.11 bits per heavy atom. The van der Waals surface area contributed by atoms with Gasteiger partial charge in [-0.1, -0.05) is 42.3 Å². The van der Waals surface area contributed by atoms with Crippen molar-refractivity contribution >= 4 is 38.9 Å². The highest BCUT2D eigenvalue weighted by molar-refractivity contribution is 7.90. The minimum Gasteiger partial charge on any atom is -0.337 e. The molecule has 0 unspecified atom stereocenters. The quantitative estimate of drug-likeness (QED) is 0.732. The Morgan fingerprint density at radius 3 is 2.33 bits per heavy atom. The van der Waals surface area contributed by atoms with Crippen molar-refractivity contribution in [3.8, 4) is 0 Å². The Balaban J connectivity index is 1.83. The van der Waals surface area contributed by atoms with Crippen molar-refractivity contribution in [1.29, 1.82) is 0 Å². The standard InChI is InChI=1S/C19H20Cl2N2O3S/c1-13-8-10-23(11-9-13)19(24)17-7-2-4-14(22-17)12-27(25,26)18-15(20)5-3-6-16(18)21/h2-7,13H,8-12H2,1H3. The Labute approximate surface area is 169 Å². The summed E-state index contributed by atoms with van der Waals surface area (Å²) in [4.78, 5) is 18.6. The fraction of sp³-hybridized carbons (Fsp3) is 0.368. The van der Waals surface area contributed by atoms with Gasteiger partial charge in [0.25, 0.3) is 5.91 Å². The number of pyridine rings is 1. The van der Waals surface area contributed by atoms with Crippen molar-refractivity contribution in [1.82, 2.24) is 9.88 Å². The highest BCUT2D eigenvalue weighted by atomic mass is 35.5. The van der Waals surface area contributed by atoms with Crippen molar-refractivity contribution in [2.45, 2.75) is 30.4 Å². The number of halogens is 2. The fourth-order valence-corrected chi connectivity index (χ4v) is 5.63. The first-order valence-corrected chi connectivity index (χ1v) is 11.1. The summed E-state index contributed by atoms with van der Waals surface area (Å²) >= 11 is 12.1. The number of nitrogens with zero attached hydrogens (tertiary/aromatic N) is 2. The number of carbonyl (C=O) groups excluding carboxylic acids is 1. The van der Waals surface area contributed by atoms with E-state index in [0.717, 1.165) is 12.8 Å². The van der Waals surface area contributed by atoms with E-state index in [4.69, 9.17) is 23.2 Å². The predicted octanol–water partition coefficient (Wildman–Crippen LogP) is 4.23. The van der Waals surface area contributed by atoms with Crippen LogP contribution in [0.25, 0.3) is 0 Å². The summed E-state index contributed by atoms with van der Waals surface area (Å²) in [6.45, 7) is 3.56. The minimum atomic E-state index is -3.80. The van der Waals surface area contributed by atoms with Crippen LogP contribution in [-0.4, -0.2) is 37.3 Å². The predicted molar refractivity (Wildman–Crippen MR) is 106 cm³/mol. The van der Waals surface area contributed by atoms with Crippen LogP contribution in [0.5, 0.6) is 0 Å². The molecule has 0 atom stereocenters. The maximum Gasteiger partial charge on any atom is 0.272 e. The van der Waals surface area contributed by atoms with Crippen LogP contribution in [0, 0.1) is 5.92 Å². The molecule has 1 saturated heterocycles. The Morgan fingerprint density at radius 2 is 1.70 bits per heavy atom. The average molecular weight is 427 g/mol. The van der Waals surface area contributed by atoms with E-state index in [1.54, 1.807) is 29.2 Å². The molecule has 1 amide bonds. The van der Waals surface area contributed by atoms with Crippen LogP contribution in [-0.2, 0) is 15.6 Å². The van der Waals surface area contributed by atoms with E-state index < -0.39 is 9.84 Å². The minimum absolute atomic E-state index is 0.0668. The zero-order chi connectivity index (χ0) is 19.6. The van der Waals surface area contributed by atoms with E-state index in [2.05, 4.69) is 11.9 Å². The van der Waals surface area contributed by atoms with Gasteiger partial charge in [0.15, 0.2) is 9.84 Å². The molecule has 0 saturated carbocycles. The van der Waals surface area contributed by atoms with Gasteiger partial charge in [-0.3, -0.25) is 4.79 Å². The third-order valence-electron chi connectivity index (χ3n) is 4.66. The van der Waals surface area contributed by atoms with Gasteiger partial charge in [-0.2, -0.15) is 0 Å². The third-order valence-corrected chi connectivity index (χ3v) is 7.26. The monoisotopic (exact) mass is 426 g/mol. The number of sulfone groups is 1. The number of likely N-dealkylation sites (tertiary alicyclic amines) is 1. The molecule has 2 heterocycles. The number of hydrogen-bond acceptors (Lipinski definition) is 4. The maximum absolute atomic E-state index is 12.8. The van der Waals surface area contributed by atoms with Crippen molar-refractivity contribution in [2.24, 2.45) is 5.92 Å². The van der Waals surface area contributed by atoms with E-state index in [-0.39, 0.29) is 38.0 Å². The molecule has 0 spiro atoms. The molecule has 2 aromatic rings. The molecule has 144 valence electrons. The second-order valence-corrected chi connectivity index (χ2v) is 9.54. The van der Waals surface area contributed by atoms with Crippen LogP contribution in [0.4, 0.5) is 0 Å². The van der Waals surface area contributed by atoms with E-state index >= 15 is 0 Å². The number of carbonyl (C=O) groups is 1. The molecule has 0 radical (unpaired) electrons. The molecule has 0 bridgehead atoms. The van der Waals surface area contributed by atoms with E-state index in [0.29, 0.717) is 19.0 Å². The van der Waals surface area contributed by atoms with Gasteiger partial charge in [0.05, 0.1) is 21.5 Å². The van der Waals surface area contributed by atoms with Crippen molar-refractivity contribution in [2.75, 3.05) is 13.1 Å². The van der Waals surface area contributed by atoms with E-state index in [1.807, 2.05) is 0 Å². The number of piperidine rings is 1. The van der Waals surface area contributed by atoms with Gasteiger partial charge in [0.2, 0.25) is 0 Å². The molecule has 3 rings (SSSR count). The van der Waals surface area contributed by atoms with Gasteiger partial charge in [-0.25, -0.2) is 13.4 Å². The SMILES string of the molecule is CC1CCN(C(=O)c2cccc(CS(=O)(=O)c3c(Cl)cccc3Cl)n2)CC1. The van der Waals surface area contributed by atoms with Crippen LogP contribution in [0.3, 0.4) is 0 Å². The van der Waals surface area contributed by atoms with Gasteiger partial charge in [0.1, 0.15) is 10.6 Å². The molecule has 1 fully saturated rings. The molecule has 0 aliphatic carbocycles. The molecular weight excluding hydrogens is 407 g/mol. The van der Waals surface area contributed by atoms with Gasteiger partial charge >= 0.3 is 0 Å². The van der Waals surface area contributed by atoms with Gasteiger partial charge < -0.3 is 4.90 Å². The summed E-state index contributed by atoms with van der Waals surface area (Å²) in [5.41, 5.74) is 0.532. The van der Waals surface area contributed by atoms with Crippen molar-refractivity contribution < 1.29 is 13.2 Å². The number of amides is 1. The third kappa shape index (κ3) is 4.62. The summed E-state index contributed by atoms with van der Waals surface area (Å²) in [7, 11) is -3.80. The molecular formula is C19H20Cl2N2O3S. The molecule has 5 nitrogen and oxygen atoms in total. The second kappa shape index (κ2) is 8.17. The van der Waals surface area contributed by atoms with Gasteiger partial charge in [-0.05, 0) is 43.0 Å². The lowest BCUT2D eigenvalue weighted by atomic mass is 9.99. The van der Waals surface area contributed by atoms with Gasteiger partial charge in [-0.15, -0.1) is 0 Å². The number of hydrogen-bond donors (Lipinski definition) is 0. The number of rotatable bonds is 4. The van der Waals surface area contributed by atoms with E-state index in [9.17, 15) is 13.2 Å². The van der Waals surface area contributed by atoms with Gasteiger partial charge in [0, 0.05) is 13.1 Å². The lowest BCUT2D eigenvalue weighted by Crippen LogP contribution is -2.38. The van der Waals surface area contributed by atoms with E-state index in [1.165, 1.54) is 12.1 Å². The largest absolute Gasteiger partial charge is 0.337 e. The normalized spacial score (nSPS) is 15.7. The maximum atomic E-state index is 12.8. The van der Waals surface area contributed by atoms with Crippen molar-refractivity contribution in [3.05, 3.63) is 57.8 Å². The molecule has 1 aromatic carbocycles. The Hall–Kier alpha value is -1.63. The molecule has 27 heavy (non-hydrogen) atoms. The molecule has 1 aliphatic heterocycles. The summed E-state index contributed by atoms with van der Waals surface area (Å²) in [6.07, 6.45) is 1.93. The Bertz CT molecular complexity index is 935. The smallest absolute Gasteiger partial charge is 0.272 e. The lowest BCUT2D eigenvalue weighted by Gasteiger charge is -2.30. The molecule has 8 heteroatoms. The van der Waals surface area contributed by atoms with Crippen LogP contribution in [0.2, 0.25) is 10.0 Å². The summed E-state index contributed by atoms with van der Waals surface area (Å²) in [5.74, 6) is 0.0602. The molecule has 1 aliphatic rings. The topological polar surface area (TPSA) is 67.3 Å². The first-order valence-electron chi connectivity index (χ1n) is 8.70. The van der Waals surface area contributed by atoms with Crippen LogP contribution >= 0.6 is 23.2 Å². The summed E-state index contributed by atoms with van der Waals surface area (Å²) in [5, 5.41) is 0.134. The highest BCUT2D eigenvalue weighted by Crippen LogP contribution is 2.31. The lowest BCUT2D eigenvalue weighted by molar-refractivity contribution is 0.0691. The Kier molecular flexibility index (Phi) is 6.08.